The molecular weight excluding hydrogens is 404 g/mol. The maximum Gasteiger partial charge on any atom is 0.271 e. The van der Waals surface area contributed by atoms with Gasteiger partial charge in [0, 0.05) is 25.0 Å². The number of aryl methyl sites for hydroxylation is 1. The Bertz CT molecular complexity index is 1150. The fourth-order valence-corrected chi connectivity index (χ4v) is 4.44. The Kier molecular flexibility index (Phi) is 8.59. The molecule has 0 saturated heterocycles. The minimum absolute atomic E-state index is 0.0282. The monoisotopic (exact) mass is 436 g/mol. The van der Waals surface area contributed by atoms with Gasteiger partial charge in [0.1, 0.15) is 9.53 Å². The maximum atomic E-state index is 12.8. The molecule has 31 heavy (non-hydrogen) atoms. The van der Waals surface area contributed by atoms with E-state index >= 15 is 0 Å². The zero-order valence-corrected chi connectivity index (χ0v) is 19.5. The number of thiophene rings is 1. The van der Waals surface area contributed by atoms with E-state index in [0.717, 1.165) is 34.3 Å². The van der Waals surface area contributed by atoms with Crippen LogP contribution in [0.5, 0.6) is 0 Å². The number of aromatic nitrogens is 3. The van der Waals surface area contributed by atoms with Crippen LogP contribution in [0.2, 0.25) is 0 Å². The quantitative estimate of drug-likeness (QED) is 0.337. The highest BCUT2D eigenvalue weighted by Crippen LogP contribution is 2.34. The highest BCUT2D eigenvalue weighted by Gasteiger charge is 2.15. The third-order valence-electron chi connectivity index (χ3n) is 5.13. The predicted molar refractivity (Wildman–Crippen MR) is 133 cm³/mol. The van der Waals surface area contributed by atoms with Gasteiger partial charge in [-0.15, -0.1) is 11.3 Å². The Hall–Kier alpha value is -2.73. The zero-order valence-electron chi connectivity index (χ0n) is 18.7. The normalized spacial score (nSPS) is 10.8. The molecule has 0 radical (unpaired) electrons. The summed E-state index contributed by atoms with van der Waals surface area (Å²) >= 11 is 1.42. The number of nitrogens with one attached hydrogen (secondary N) is 1. The molecule has 0 atom stereocenters. The van der Waals surface area contributed by atoms with Gasteiger partial charge in [0.15, 0.2) is 0 Å². The van der Waals surface area contributed by atoms with Crippen LogP contribution in [0.4, 0.5) is 5.69 Å². The van der Waals surface area contributed by atoms with Crippen molar-refractivity contribution in [3.8, 4) is 0 Å². The maximum absolute atomic E-state index is 12.8. The number of nitrogens with zero attached hydrogens (tertiary/aromatic N) is 3. The summed E-state index contributed by atoms with van der Waals surface area (Å²) in [5, 5.41) is 4.40. The standard InChI is InChI=1S/C20H20N4OS.C5H12/c1-2-3-11-24-13-23-17-16-15(22-12-14-7-5-4-6-8-14)9-10-21-19(16)26-18(17)20(24)25;1-3-5-4-2/h4-10,13H,2-3,11-12H2,1H3,(H,21,22);3-5H2,1-2H3. The van der Waals surface area contributed by atoms with Crippen molar-refractivity contribution < 1.29 is 0 Å². The van der Waals surface area contributed by atoms with E-state index in [2.05, 4.69) is 48.2 Å². The van der Waals surface area contributed by atoms with Crippen molar-refractivity contribution in [2.24, 2.45) is 0 Å². The summed E-state index contributed by atoms with van der Waals surface area (Å²) in [5.74, 6) is 0. The Labute approximate surface area is 188 Å². The average molecular weight is 437 g/mol. The Morgan fingerprint density at radius 2 is 1.71 bits per heavy atom. The van der Waals surface area contributed by atoms with E-state index in [1.807, 2.05) is 24.3 Å². The smallest absolute Gasteiger partial charge is 0.271 e. The van der Waals surface area contributed by atoms with Crippen LogP contribution < -0.4 is 10.9 Å². The molecule has 0 unspecified atom stereocenters. The van der Waals surface area contributed by atoms with Crippen LogP contribution in [0.1, 0.15) is 58.4 Å². The molecule has 1 N–H and O–H groups in total. The number of pyridine rings is 1. The van der Waals surface area contributed by atoms with E-state index < -0.39 is 0 Å². The highest BCUT2D eigenvalue weighted by molar-refractivity contribution is 7.25. The first-order valence-electron chi connectivity index (χ1n) is 11.2. The first kappa shape index (κ1) is 22.9. The molecule has 3 aromatic heterocycles. The van der Waals surface area contributed by atoms with E-state index in [0.29, 0.717) is 17.8 Å². The van der Waals surface area contributed by atoms with Crippen molar-refractivity contribution in [1.82, 2.24) is 14.5 Å². The lowest BCUT2D eigenvalue weighted by atomic mass is 10.2. The summed E-state index contributed by atoms with van der Waals surface area (Å²) in [5.41, 5.74) is 2.93. The molecular formula is C25H32N4OS. The summed E-state index contributed by atoms with van der Waals surface area (Å²) in [7, 11) is 0. The molecule has 4 rings (SSSR count). The Balaban J connectivity index is 0.000000491. The van der Waals surface area contributed by atoms with Gasteiger partial charge >= 0.3 is 0 Å². The average Bonchev–Trinajstić information content (AvgIpc) is 3.19. The molecule has 5 nitrogen and oxygen atoms in total. The minimum atomic E-state index is 0.0282. The molecule has 0 aliphatic carbocycles. The lowest BCUT2D eigenvalue weighted by Crippen LogP contribution is -2.19. The summed E-state index contributed by atoms with van der Waals surface area (Å²) in [6.07, 6.45) is 9.54. The molecule has 0 spiro atoms. The SMILES string of the molecule is CCCCC.CCCCn1cnc2c(sc3nccc(NCc4ccccc4)c32)c1=O. The van der Waals surface area contributed by atoms with E-state index in [1.165, 1.54) is 36.2 Å². The van der Waals surface area contributed by atoms with Gasteiger partial charge in [0.2, 0.25) is 0 Å². The summed E-state index contributed by atoms with van der Waals surface area (Å²) < 4.78 is 2.39. The van der Waals surface area contributed by atoms with E-state index in [9.17, 15) is 4.79 Å². The number of hydrogen-bond acceptors (Lipinski definition) is 5. The second-order valence-corrected chi connectivity index (χ2v) is 8.61. The minimum Gasteiger partial charge on any atom is -0.380 e. The van der Waals surface area contributed by atoms with Crippen molar-refractivity contribution in [3.63, 3.8) is 0 Å². The van der Waals surface area contributed by atoms with Crippen molar-refractivity contribution in [2.45, 2.75) is 66.0 Å². The predicted octanol–water partition coefficient (Wildman–Crippen LogP) is 6.61. The zero-order chi connectivity index (χ0) is 22.1. The molecule has 6 heteroatoms. The molecule has 0 aliphatic rings. The molecule has 164 valence electrons. The number of fused-ring (bicyclic) bond motifs is 3. The molecule has 0 aliphatic heterocycles. The van der Waals surface area contributed by atoms with Crippen LogP contribution in [0.25, 0.3) is 20.4 Å². The van der Waals surface area contributed by atoms with Crippen molar-refractivity contribution in [2.75, 3.05) is 5.32 Å². The second-order valence-electron chi connectivity index (χ2n) is 7.61. The van der Waals surface area contributed by atoms with E-state index in [1.54, 1.807) is 17.1 Å². The lowest BCUT2D eigenvalue weighted by Gasteiger charge is -2.08. The van der Waals surface area contributed by atoms with Crippen LogP contribution in [-0.4, -0.2) is 14.5 Å². The number of rotatable bonds is 8. The van der Waals surface area contributed by atoms with Gasteiger partial charge in [0.25, 0.3) is 5.56 Å². The number of benzene rings is 1. The van der Waals surface area contributed by atoms with Gasteiger partial charge in [-0.25, -0.2) is 9.97 Å². The molecule has 3 heterocycles. The number of unbranched alkanes of at least 4 members (excludes halogenated alkanes) is 3. The van der Waals surface area contributed by atoms with Crippen molar-refractivity contribution >= 4 is 37.5 Å². The van der Waals surface area contributed by atoms with E-state index in [-0.39, 0.29) is 5.56 Å². The van der Waals surface area contributed by atoms with Crippen LogP contribution in [0.15, 0.2) is 53.7 Å². The third kappa shape index (κ3) is 5.70. The topological polar surface area (TPSA) is 59.8 Å². The van der Waals surface area contributed by atoms with Crippen LogP contribution in [-0.2, 0) is 13.1 Å². The molecule has 0 bridgehead atoms. The molecule has 0 fully saturated rings. The fraction of sp³-hybridized carbons (Fsp3) is 0.400. The molecule has 0 amide bonds. The highest BCUT2D eigenvalue weighted by atomic mass is 32.1. The van der Waals surface area contributed by atoms with Crippen molar-refractivity contribution in [3.05, 3.63) is 64.8 Å². The number of hydrogen-bond donors (Lipinski definition) is 1. The van der Waals surface area contributed by atoms with Crippen molar-refractivity contribution in [1.29, 1.82) is 0 Å². The van der Waals surface area contributed by atoms with Gasteiger partial charge in [0.05, 0.1) is 17.2 Å². The van der Waals surface area contributed by atoms with E-state index in [4.69, 9.17) is 0 Å². The van der Waals surface area contributed by atoms with Gasteiger partial charge < -0.3 is 5.32 Å². The largest absolute Gasteiger partial charge is 0.380 e. The van der Waals surface area contributed by atoms with Crippen LogP contribution in [0, 0.1) is 0 Å². The van der Waals surface area contributed by atoms with Crippen LogP contribution in [0.3, 0.4) is 0 Å². The first-order valence-corrected chi connectivity index (χ1v) is 12.1. The second kappa shape index (κ2) is 11.6. The molecule has 4 aromatic rings. The fourth-order valence-electron chi connectivity index (χ4n) is 3.37. The van der Waals surface area contributed by atoms with Crippen LogP contribution >= 0.6 is 11.3 Å². The summed E-state index contributed by atoms with van der Waals surface area (Å²) in [6, 6.07) is 12.2. The summed E-state index contributed by atoms with van der Waals surface area (Å²) in [4.78, 5) is 22.7. The summed E-state index contributed by atoms with van der Waals surface area (Å²) in [6.45, 7) is 7.96. The molecule has 0 saturated carbocycles. The number of anilines is 1. The Morgan fingerprint density at radius 1 is 0.968 bits per heavy atom. The van der Waals surface area contributed by atoms with Gasteiger partial charge in [-0.05, 0) is 18.1 Å². The van der Waals surface area contributed by atoms with Gasteiger partial charge in [-0.3, -0.25) is 9.36 Å². The first-order chi connectivity index (χ1) is 15.2. The lowest BCUT2D eigenvalue weighted by molar-refractivity contribution is 0.609. The Morgan fingerprint density at radius 3 is 2.39 bits per heavy atom. The van der Waals surface area contributed by atoms with Gasteiger partial charge in [-0.1, -0.05) is 76.8 Å². The molecule has 1 aromatic carbocycles. The van der Waals surface area contributed by atoms with Gasteiger partial charge in [-0.2, -0.15) is 0 Å². The third-order valence-corrected chi connectivity index (χ3v) is 6.21.